The molecule has 1 aromatic carbocycles. The molecule has 1 aliphatic rings. The number of amides is 1. The first-order valence-electron chi connectivity index (χ1n) is 12.0. The molecule has 1 unspecified atom stereocenters. The Labute approximate surface area is 202 Å². The number of nitrogens with one attached hydrogen (secondary N) is 2. The lowest BCUT2D eigenvalue weighted by molar-refractivity contribution is -0.146. The summed E-state index contributed by atoms with van der Waals surface area (Å²) in [7, 11) is 0. The van der Waals surface area contributed by atoms with Crippen LogP contribution in [0.15, 0.2) is 41.1 Å². The number of oxazole rings is 1. The summed E-state index contributed by atoms with van der Waals surface area (Å²) in [5.74, 6) is 0.268. The molecule has 1 saturated heterocycles. The Hall–Kier alpha value is -3.01. The molecule has 2 aromatic heterocycles. The number of anilines is 1. The predicted octanol–water partition coefficient (Wildman–Crippen LogP) is 4.62. The fourth-order valence-electron chi connectivity index (χ4n) is 4.45. The van der Waals surface area contributed by atoms with E-state index in [0.717, 1.165) is 29.3 Å². The van der Waals surface area contributed by atoms with Crippen molar-refractivity contribution in [3.05, 3.63) is 48.0 Å². The van der Waals surface area contributed by atoms with Crippen LogP contribution >= 0.6 is 0 Å². The van der Waals surface area contributed by atoms with E-state index >= 15 is 0 Å². The van der Waals surface area contributed by atoms with E-state index in [9.17, 15) is 18.0 Å². The van der Waals surface area contributed by atoms with Gasteiger partial charge in [0.15, 0.2) is 0 Å². The molecule has 0 bridgehead atoms. The van der Waals surface area contributed by atoms with E-state index in [0.29, 0.717) is 25.4 Å². The number of aromatic nitrogens is 2. The Balaban J connectivity index is 1.38. The number of carbonyl (C=O) groups is 1. The smallest absolute Gasteiger partial charge is 0.401 e. The maximum Gasteiger partial charge on any atom is 0.401 e. The Morgan fingerprint density at radius 2 is 1.91 bits per heavy atom. The number of alkyl halides is 3. The van der Waals surface area contributed by atoms with Gasteiger partial charge in [0.05, 0.1) is 12.7 Å². The van der Waals surface area contributed by atoms with E-state index in [4.69, 9.17) is 4.42 Å². The summed E-state index contributed by atoms with van der Waals surface area (Å²) in [4.78, 5) is 23.6. The number of hydrogen-bond acceptors (Lipinski definition) is 5. The van der Waals surface area contributed by atoms with Crippen molar-refractivity contribution >= 4 is 22.8 Å². The van der Waals surface area contributed by atoms with Crippen LogP contribution in [0.4, 0.5) is 19.2 Å². The second-order valence-corrected chi connectivity index (χ2v) is 9.59. The minimum Gasteiger partial charge on any atom is -0.418 e. The maximum atomic E-state index is 13.0. The summed E-state index contributed by atoms with van der Waals surface area (Å²) in [5.41, 5.74) is 2.20. The van der Waals surface area contributed by atoms with Crippen LogP contribution in [0.1, 0.15) is 42.8 Å². The van der Waals surface area contributed by atoms with Crippen LogP contribution in [0.2, 0.25) is 0 Å². The minimum absolute atomic E-state index is 0.0800. The van der Waals surface area contributed by atoms with E-state index in [-0.39, 0.29) is 36.8 Å². The topological polar surface area (TPSA) is 77.4 Å². The van der Waals surface area contributed by atoms with Gasteiger partial charge in [-0.1, -0.05) is 32.0 Å². The summed E-state index contributed by atoms with van der Waals surface area (Å²) in [6, 6.07) is 8.26. The number of hydrogen-bond donors (Lipinski definition) is 2. The number of fused-ring (bicyclic) bond motifs is 1. The largest absolute Gasteiger partial charge is 0.418 e. The van der Waals surface area contributed by atoms with Crippen molar-refractivity contribution in [2.45, 2.75) is 45.3 Å². The fraction of sp³-hybridized carbons (Fsp3) is 0.520. The van der Waals surface area contributed by atoms with Crippen molar-refractivity contribution in [3.63, 3.8) is 0 Å². The van der Waals surface area contributed by atoms with E-state index in [2.05, 4.69) is 35.2 Å². The van der Waals surface area contributed by atoms with Crippen LogP contribution in [-0.4, -0.2) is 65.7 Å². The summed E-state index contributed by atoms with van der Waals surface area (Å²) in [6.45, 7) is 4.61. The van der Waals surface area contributed by atoms with Gasteiger partial charge in [0.25, 0.3) is 11.9 Å². The van der Waals surface area contributed by atoms with Gasteiger partial charge in [-0.2, -0.15) is 13.2 Å². The third-order valence-corrected chi connectivity index (χ3v) is 6.33. The van der Waals surface area contributed by atoms with Crippen molar-refractivity contribution in [2.75, 3.05) is 37.6 Å². The number of benzene rings is 1. The number of piperazine rings is 1. The number of nitrogens with zero attached hydrogens (tertiary/aromatic N) is 3. The summed E-state index contributed by atoms with van der Waals surface area (Å²) in [5, 5.41) is 4.24. The Morgan fingerprint density at radius 1 is 1.17 bits per heavy atom. The van der Waals surface area contributed by atoms with Crippen LogP contribution < -0.4 is 10.2 Å². The second kappa shape index (κ2) is 10.7. The average molecular weight is 492 g/mol. The number of aromatic amines is 1. The van der Waals surface area contributed by atoms with E-state index in [1.807, 2.05) is 24.4 Å². The van der Waals surface area contributed by atoms with E-state index < -0.39 is 12.7 Å². The van der Waals surface area contributed by atoms with Gasteiger partial charge in [-0.05, 0) is 36.8 Å². The average Bonchev–Trinajstić information content (AvgIpc) is 3.45. The molecular formula is C25H32F3N5O2. The maximum absolute atomic E-state index is 13.0. The van der Waals surface area contributed by atoms with Gasteiger partial charge >= 0.3 is 6.18 Å². The number of H-pyrrole nitrogens is 1. The monoisotopic (exact) mass is 491 g/mol. The molecule has 1 atom stereocenters. The third-order valence-electron chi connectivity index (χ3n) is 6.33. The zero-order chi connectivity index (χ0) is 25.0. The number of para-hydroxylation sites is 1. The van der Waals surface area contributed by atoms with Gasteiger partial charge in [-0.3, -0.25) is 9.69 Å². The zero-order valence-corrected chi connectivity index (χ0v) is 20.1. The first kappa shape index (κ1) is 25.1. The molecule has 3 heterocycles. The quantitative estimate of drug-likeness (QED) is 0.457. The highest BCUT2D eigenvalue weighted by Crippen LogP contribution is 2.23. The molecule has 4 rings (SSSR count). The normalized spacial score (nSPS) is 16.2. The second-order valence-electron chi connectivity index (χ2n) is 9.59. The lowest BCUT2D eigenvalue weighted by atomic mass is 9.97. The number of carbonyl (C=O) groups excluding carboxylic acids is 1. The van der Waals surface area contributed by atoms with Gasteiger partial charge < -0.3 is 19.6 Å². The molecule has 0 saturated carbocycles. The molecule has 1 fully saturated rings. The number of halogens is 3. The van der Waals surface area contributed by atoms with Crippen LogP contribution in [-0.2, 0) is 6.42 Å². The van der Waals surface area contributed by atoms with E-state index in [1.54, 1.807) is 4.90 Å². The van der Waals surface area contributed by atoms with Gasteiger partial charge in [0.1, 0.15) is 0 Å². The standard InChI is InChI=1S/C25H32F3N5O2/c1-17(2)7-8-19(13-18-14-29-21-6-4-3-5-20(18)21)31-23(34)22-15-30-24(35-22)33-11-9-32(10-12-33)16-25(26,27)28/h3-6,14-15,17,19,29H,7-13,16H2,1-2H3,(H,31,34). The molecule has 2 N–H and O–H groups in total. The molecule has 3 aromatic rings. The highest BCUT2D eigenvalue weighted by atomic mass is 19.4. The van der Waals surface area contributed by atoms with Gasteiger partial charge in [-0.25, -0.2) is 4.98 Å². The summed E-state index contributed by atoms with van der Waals surface area (Å²) >= 11 is 0. The van der Waals surface area contributed by atoms with Gasteiger partial charge in [0, 0.05) is 49.3 Å². The zero-order valence-electron chi connectivity index (χ0n) is 20.1. The third kappa shape index (κ3) is 6.78. The molecule has 35 heavy (non-hydrogen) atoms. The van der Waals surface area contributed by atoms with Crippen LogP contribution in [0.5, 0.6) is 0 Å². The predicted molar refractivity (Wildman–Crippen MR) is 129 cm³/mol. The van der Waals surface area contributed by atoms with Crippen molar-refractivity contribution in [3.8, 4) is 0 Å². The summed E-state index contributed by atoms with van der Waals surface area (Å²) < 4.78 is 43.6. The Morgan fingerprint density at radius 3 is 2.63 bits per heavy atom. The Kier molecular flexibility index (Phi) is 7.69. The summed E-state index contributed by atoms with van der Waals surface area (Å²) in [6.07, 6.45) is 1.64. The molecule has 7 nitrogen and oxygen atoms in total. The Bertz CT molecular complexity index is 1120. The minimum atomic E-state index is -4.21. The van der Waals surface area contributed by atoms with Gasteiger partial charge in [-0.15, -0.1) is 0 Å². The van der Waals surface area contributed by atoms with Crippen molar-refractivity contribution in [1.29, 1.82) is 0 Å². The lowest BCUT2D eigenvalue weighted by Crippen LogP contribution is -2.49. The van der Waals surface area contributed by atoms with Crippen molar-refractivity contribution in [1.82, 2.24) is 20.2 Å². The SMILES string of the molecule is CC(C)CCC(Cc1c[nH]c2ccccc12)NC(=O)c1cnc(N2CCN(CC(F)(F)F)CC2)o1. The molecule has 0 aliphatic carbocycles. The molecule has 190 valence electrons. The molecular weight excluding hydrogens is 459 g/mol. The molecule has 1 aliphatic heterocycles. The van der Waals surface area contributed by atoms with Gasteiger partial charge in [0.2, 0.25) is 5.76 Å². The van der Waals surface area contributed by atoms with Crippen LogP contribution in [0, 0.1) is 5.92 Å². The van der Waals surface area contributed by atoms with Crippen LogP contribution in [0.25, 0.3) is 10.9 Å². The van der Waals surface area contributed by atoms with Crippen molar-refractivity contribution in [2.24, 2.45) is 5.92 Å². The van der Waals surface area contributed by atoms with Crippen molar-refractivity contribution < 1.29 is 22.4 Å². The lowest BCUT2D eigenvalue weighted by Gasteiger charge is -2.34. The molecule has 10 heteroatoms. The van der Waals surface area contributed by atoms with E-state index in [1.165, 1.54) is 11.1 Å². The van der Waals surface area contributed by atoms with Crippen LogP contribution in [0.3, 0.4) is 0 Å². The number of rotatable bonds is 9. The highest BCUT2D eigenvalue weighted by molar-refractivity contribution is 5.91. The molecule has 0 radical (unpaired) electrons. The first-order valence-corrected chi connectivity index (χ1v) is 12.0. The molecule has 1 amide bonds. The fourth-order valence-corrected chi connectivity index (χ4v) is 4.45. The molecule has 0 spiro atoms. The highest BCUT2D eigenvalue weighted by Gasteiger charge is 2.33. The first-order chi connectivity index (χ1) is 16.7.